The Bertz CT molecular complexity index is 1320. The van der Waals surface area contributed by atoms with Gasteiger partial charge in [-0.1, -0.05) is 48.0 Å². The molecule has 0 spiro atoms. The average molecular weight is 471 g/mol. The summed E-state index contributed by atoms with van der Waals surface area (Å²) in [4.78, 5) is 19.6. The Morgan fingerprint density at radius 1 is 1.03 bits per heavy atom. The van der Waals surface area contributed by atoms with Crippen LogP contribution in [0.5, 0.6) is 0 Å². The molecule has 7 heteroatoms. The summed E-state index contributed by atoms with van der Waals surface area (Å²) < 4.78 is 15.7. The second-order valence-corrected chi connectivity index (χ2v) is 8.82. The van der Waals surface area contributed by atoms with Crippen LogP contribution in [0.15, 0.2) is 78.9 Å². The number of nitrogens with zero attached hydrogens (tertiary/aromatic N) is 3. The molecule has 3 aromatic carbocycles. The van der Waals surface area contributed by atoms with Gasteiger partial charge in [-0.05, 0) is 48.9 Å². The molecule has 6 nitrogen and oxygen atoms in total. The van der Waals surface area contributed by atoms with Gasteiger partial charge >= 0.3 is 0 Å². The zero-order chi connectivity index (χ0) is 24.4. The van der Waals surface area contributed by atoms with Crippen LogP contribution in [0.4, 0.5) is 15.9 Å². The molecule has 0 unspecified atom stereocenters. The van der Waals surface area contributed by atoms with Crippen molar-refractivity contribution < 1.29 is 14.3 Å². The number of rotatable bonds is 6. The van der Waals surface area contributed by atoms with E-state index in [-0.39, 0.29) is 18.1 Å². The summed E-state index contributed by atoms with van der Waals surface area (Å²) in [5, 5.41) is 14.0. The second kappa shape index (κ2) is 9.72. The molecule has 35 heavy (non-hydrogen) atoms. The fourth-order valence-electron chi connectivity index (χ4n) is 4.34. The maximum atomic E-state index is 13.6. The van der Waals surface area contributed by atoms with E-state index in [4.69, 9.17) is 4.98 Å². The van der Waals surface area contributed by atoms with Gasteiger partial charge in [-0.25, -0.2) is 9.37 Å². The highest BCUT2D eigenvalue weighted by Crippen LogP contribution is 2.33. The van der Waals surface area contributed by atoms with Crippen molar-refractivity contribution in [1.29, 1.82) is 0 Å². The van der Waals surface area contributed by atoms with Gasteiger partial charge in [-0.3, -0.25) is 4.79 Å². The monoisotopic (exact) mass is 470 g/mol. The first-order chi connectivity index (χ1) is 17.0. The minimum Gasteiger partial charge on any atom is -0.388 e. The highest BCUT2D eigenvalue weighted by Gasteiger charge is 2.28. The Morgan fingerprint density at radius 2 is 1.74 bits per heavy atom. The minimum absolute atomic E-state index is 0.0179. The molecule has 1 amide bonds. The number of amides is 1. The molecule has 1 aliphatic heterocycles. The Hall–Kier alpha value is -3.97. The van der Waals surface area contributed by atoms with Crippen molar-refractivity contribution in [3.05, 3.63) is 102 Å². The van der Waals surface area contributed by atoms with Gasteiger partial charge in [0.2, 0.25) is 5.91 Å². The highest BCUT2D eigenvalue weighted by molar-refractivity contribution is 5.79. The number of aliphatic hydroxyl groups is 1. The normalized spacial score (nSPS) is 13.9. The maximum absolute atomic E-state index is 13.6. The summed E-state index contributed by atoms with van der Waals surface area (Å²) >= 11 is 0. The van der Waals surface area contributed by atoms with E-state index in [1.807, 2.05) is 61.5 Å². The number of benzene rings is 3. The van der Waals surface area contributed by atoms with Crippen molar-refractivity contribution in [3.8, 4) is 11.3 Å². The van der Waals surface area contributed by atoms with Crippen LogP contribution in [-0.2, 0) is 17.9 Å². The number of halogens is 1. The molecular formula is C28H27FN4O2. The Kier molecular flexibility index (Phi) is 6.33. The molecule has 2 N–H and O–H groups in total. The van der Waals surface area contributed by atoms with Gasteiger partial charge in [0.15, 0.2) is 0 Å². The van der Waals surface area contributed by atoms with Crippen molar-refractivity contribution in [2.45, 2.75) is 32.5 Å². The Morgan fingerprint density at radius 3 is 2.46 bits per heavy atom. The number of hydrogen-bond acceptors (Lipinski definition) is 4. The van der Waals surface area contributed by atoms with E-state index in [1.165, 1.54) is 12.1 Å². The SMILES string of the molecule is Cc1ccc(Nc2c(-c3ccc(F)cc3)nc3n2CCN(C(=O)C[C@@H](O)c2ccccc2)C3)cc1. The number of imidazole rings is 1. The molecule has 178 valence electrons. The zero-order valence-electron chi connectivity index (χ0n) is 19.5. The molecule has 0 saturated heterocycles. The first-order valence-corrected chi connectivity index (χ1v) is 11.7. The number of aromatic nitrogens is 2. The molecule has 5 rings (SSSR count). The average Bonchev–Trinajstić information content (AvgIpc) is 3.23. The van der Waals surface area contributed by atoms with Gasteiger partial charge in [0, 0.05) is 24.3 Å². The van der Waals surface area contributed by atoms with E-state index >= 15 is 0 Å². The fraction of sp³-hybridized carbons (Fsp3) is 0.214. The first kappa shape index (κ1) is 22.8. The summed E-state index contributed by atoms with van der Waals surface area (Å²) in [7, 11) is 0. The van der Waals surface area contributed by atoms with Crippen molar-refractivity contribution in [3.63, 3.8) is 0 Å². The zero-order valence-corrected chi connectivity index (χ0v) is 19.5. The van der Waals surface area contributed by atoms with Crippen molar-refractivity contribution in [2.75, 3.05) is 11.9 Å². The number of aryl methyl sites for hydroxylation is 1. The van der Waals surface area contributed by atoms with Gasteiger partial charge in [0.1, 0.15) is 23.2 Å². The standard InChI is InChI=1S/C28H27FN4O2/c1-19-7-13-23(14-8-19)30-28-27(21-9-11-22(29)12-10-21)31-25-18-32(15-16-33(25)28)26(35)17-24(34)20-5-3-2-4-6-20/h2-14,24,30,34H,15-18H2,1H3/t24-/m1/s1. The molecule has 0 saturated carbocycles. The van der Waals surface area contributed by atoms with Crippen LogP contribution >= 0.6 is 0 Å². The van der Waals surface area contributed by atoms with Gasteiger partial charge < -0.3 is 19.9 Å². The van der Waals surface area contributed by atoms with E-state index < -0.39 is 6.10 Å². The molecule has 1 aliphatic rings. The lowest BCUT2D eigenvalue weighted by atomic mass is 10.1. The van der Waals surface area contributed by atoms with Crippen molar-refractivity contribution in [1.82, 2.24) is 14.5 Å². The van der Waals surface area contributed by atoms with Crippen LogP contribution in [0.3, 0.4) is 0 Å². The van der Waals surface area contributed by atoms with E-state index in [9.17, 15) is 14.3 Å². The smallest absolute Gasteiger partial charge is 0.225 e. The predicted octanol–water partition coefficient (Wildman–Crippen LogP) is 5.21. The lowest BCUT2D eigenvalue weighted by molar-refractivity contribution is -0.134. The van der Waals surface area contributed by atoms with Crippen LogP contribution in [0.2, 0.25) is 0 Å². The number of nitrogens with one attached hydrogen (secondary N) is 1. The van der Waals surface area contributed by atoms with Crippen molar-refractivity contribution >= 4 is 17.4 Å². The van der Waals surface area contributed by atoms with E-state index in [2.05, 4.69) is 9.88 Å². The molecule has 1 atom stereocenters. The first-order valence-electron chi connectivity index (χ1n) is 11.7. The van der Waals surface area contributed by atoms with E-state index in [1.54, 1.807) is 17.0 Å². The molecule has 0 fully saturated rings. The number of anilines is 2. The topological polar surface area (TPSA) is 70.4 Å². The molecular weight excluding hydrogens is 443 g/mol. The van der Waals surface area contributed by atoms with Crippen molar-refractivity contribution in [2.24, 2.45) is 0 Å². The predicted molar refractivity (Wildman–Crippen MR) is 134 cm³/mol. The second-order valence-electron chi connectivity index (χ2n) is 8.82. The number of carbonyl (C=O) groups is 1. The van der Waals surface area contributed by atoms with E-state index in [0.29, 0.717) is 25.3 Å². The number of fused-ring (bicyclic) bond motifs is 1. The van der Waals surface area contributed by atoms with Gasteiger partial charge in [0.05, 0.1) is 19.1 Å². The third-order valence-corrected chi connectivity index (χ3v) is 6.31. The lowest BCUT2D eigenvalue weighted by Crippen LogP contribution is -2.39. The van der Waals surface area contributed by atoms with Gasteiger partial charge in [0.25, 0.3) is 0 Å². The third-order valence-electron chi connectivity index (χ3n) is 6.31. The summed E-state index contributed by atoms with van der Waals surface area (Å²) in [6.45, 7) is 3.44. The number of carbonyl (C=O) groups excluding carboxylic acids is 1. The van der Waals surface area contributed by atoms with Crippen LogP contribution < -0.4 is 5.32 Å². The van der Waals surface area contributed by atoms with Gasteiger partial charge in [-0.2, -0.15) is 0 Å². The van der Waals surface area contributed by atoms with Crippen LogP contribution in [-0.4, -0.2) is 32.0 Å². The lowest BCUT2D eigenvalue weighted by Gasteiger charge is -2.29. The quantitative estimate of drug-likeness (QED) is 0.406. The number of aliphatic hydroxyl groups excluding tert-OH is 1. The highest BCUT2D eigenvalue weighted by atomic mass is 19.1. The molecule has 0 aliphatic carbocycles. The van der Waals surface area contributed by atoms with Crippen LogP contribution in [0, 0.1) is 12.7 Å². The largest absolute Gasteiger partial charge is 0.388 e. The summed E-state index contributed by atoms with van der Waals surface area (Å²) in [5.74, 6) is 1.13. The molecule has 0 radical (unpaired) electrons. The van der Waals surface area contributed by atoms with Gasteiger partial charge in [-0.15, -0.1) is 0 Å². The number of hydrogen-bond donors (Lipinski definition) is 2. The Labute approximate surface area is 203 Å². The molecule has 1 aromatic heterocycles. The minimum atomic E-state index is -0.848. The van der Waals surface area contributed by atoms with Crippen LogP contribution in [0.25, 0.3) is 11.3 Å². The van der Waals surface area contributed by atoms with Crippen LogP contribution in [0.1, 0.15) is 29.5 Å². The summed E-state index contributed by atoms with van der Waals surface area (Å²) in [5.41, 5.74) is 4.31. The Balaban J connectivity index is 1.41. The third kappa shape index (κ3) is 4.95. The maximum Gasteiger partial charge on any atom is 0.225 e. The summed E-state index contributed by atoms with van der Waals surface area (Å²) in [6.07, 6.45) is -0.830. The summed E-state index contributed by atoms with van der Waals surface area (Å²) in [6, 6.07) is 23.6. The molecule has 2 heterocycles. The molecule has 4 aromatic rings. The fourth-order valence-corrected chi connectivity index (χ4v) is 4.34. The van der Waals surface area contributed by atoms with E-state index in [0.717, 1.165) is 34.0 Å². The molecule has 0 bridgehead atoms.